The number of benzene rings is 1. The quantitative estimate of drug-likeness (QED) is 0.857. The number of nitrogens with one attached hydrogen (secondary N) is 1. The Balaban J connectivity index is 2.32. The highest BCUT2D eigenvalue weighted by molar-refractivity contribution is 5.30. The van der Waals surface area contributed by atoms with Crippen molar-refractivity contribution in [2.75, 3.05) is 26.7 Å². The van der Waals surface area contributed by atoms with Crippen molar-refractivity contribution in [2.45, 2.75) is 25.6 Å². The van der Waals surface area contributed by atoms with Gasteiger partial charge in [-0.25, -0.2) is 4.39 Å². The van der Waals surface area contributed by atoms with Crippen LogP contribution < -0.4 is 5.32 Å². The molecule has 0 saturated carbocycles. The number of rotatable bonds is 4. The van der Waals surface area contributed by atoms with Crippen LogP contribution in [0.25, 0.3) is 0 Å². The molecule has 1 aromatic rings. The second-order valence-electron chi connectivity index (χ2n) is 5.55. The molecule has 0 aliphatic carbocycles. The minimum Gasteiger partial charge on any atom is -0.317 e. The lowest BCUT2D eigenvalue weighted by atomic mass is 9.92. The molecule has 2 rings (SSSR count). The Kier molecular flexibility index (Phi) is 4.88. The van der Waals surface area contributed by atoms with Crippen molar-refractivity contribution in [2.24, 2.45) is 5.92 Å². The van der Waals surface area contributed by atoms with Gasteiger partial charge in [0.15, 0.2) is 0 Å². The third kappa shape index (κ3) is 3.74. The van der Waals surface area contributed by atoms with Crippen LogP contribution in [0.15, 0.2) is 18.2 Å². The predicted octanol–water partition coefficient (Wildman–Crippen LogP) is 3.45. The standard InChI is InChI=1S/C15H20F4N2/c1-3-20-9-10-4-5-21(2)14(10)11-6-12(15(17,18)19)8-13(16)7-11/h6-8,10,14,20H,3-5,9H2,1-2H3. The number of halogens is 4. The Bertz CT molecular complexity index is 487. The molecule has 0 aromatic heterocycles. The molecule has 1 N–H and O–H groups in total. The second-order valence-corrected chi connectivity index (χ2v) is 5.55. The monoisotopic (exact) mass is 304 g/mol. The summed E-state index contributed by atoms with van der Waals surface area (Å²) in [6.07, 6.45) is -3.63. The van der Waals surface area contributed by atoms with E-state index in [0.29, 0.717) is 11.6 Å². The van der Waals surface area contributed by atoms with Gasteiger partial charge in [-0.3, -0.25) is 4.90 Å². The minimum atomic E-state index is -4.52. The number of hydrogen-bond acceptors (Lipinski definition) is 2. The lowest BCUT2D eigenvalue weighted by Crippen LogP contribution is -2.28. The van der Waals surface area contributed by atoms with Crippen LogP contribution in [-0.4, -0.2) is 31.6 Å². The van der Waals surface area contributed by atoms with E-state index in [0.717, 1.165) is 32.1 Å². The highest BCUT2D eigenvalue weighted by Gasteiger charge is 2.36. The largest absolute Gasteiger partial charge is 0.416 e. The van der Waals surface area contributed by atoms with Crippen LogP contribution in [0.5, 0.6) is 0 Å². The van der Waals surface area contributed by atoms with Gasteiger partial charge in [-0.1, -0.05) is 6.92 Å². The first kappa shape index (κ1) is 16.2. The summed E-state index contributed by atoms with van der Waals surface area (Å²) in [5.74, 6) is -0.639. The van der Waals surface area contributed by atoms with Crippen LogP contribution in [-0.2, 0) is 6.18 Å². The number of hydrogen-bond donors (Lipinski definition) is 1. The molecule has 21 heavy (non-hydrogen) atoms. The number of nitrogens with zero attached hydrogens (tertiary/aromatic N) is 1. The fraction of sp³-hybridized carbons (Fsp3) is 0.600. The summed E-state index contributed by atoms with van der Waals surface area (Å²) in [6, 6.07) is 2.67. The third-order valence-corrected chi connectivity index (χ3v) is 4.02. The molecule has 2 unspecified atom stereocenters. The van der Waals surface area contributed by atoms with Gasteiger partial charge < -0.3 is 5.32 Å². The number of alkyl halides is 3. The Hall–Kier alpha value is -1.14. The van der Waals surface area contributed by atoms with Crippen molar-refractivity contribution < 1.29 is 17.6 Å². The van der Waals surface area contributed by atoms with Crippen LogP contribution >= 0.6 is 0 Å². The van der Waals surface area contributed by atoms with Gasteiger partial charge in [-0.2, -0.15) is 13.2 Å². The molecule has 0 bridgehead atoms. The van der Waals surface area contributed by atoms with E-state index in [1.54, 1.807) is 0 Å². The third-order valence-electron chi connectivity index (χ3n) is 4.02. The fourth-order valence-corrected chi connectivity index (χ4v) is 3.04. The highest BCUT2D eigenvalue weighted by Crippen LogP contribution is 2.38. The normalized spacial score (nSPS) is 23.7. The van der Waals surface area contributed by atoms with E-state index in [2.05, 4.69) is 5.32 Å². The molecule has 0 spiro atoms. The summed E-state index contributed by atoms with van der Waals surface area (Å²) >= 11 is 0. The van der Waals surface area contributed by atoms with Crippen molar-refractivity contribution in [3.05, 3.63) is 35.1 Å². The molecule has 1 fully saturated rings. The average Bonchev–Trinajstić information content (AvgIpc) is 2.75. The molecule has 0 amide bonds. The Morgan fingerprint density at radius 1 is 1.29 bits per heavy atom. The molecule has 1 heterocycles. The van der Waals surface area contributed by atoms with E-state index in [1.807, 2.05) is 18.9 Å². The Labute approximate surface area is 122 Å². The fourth-order valence-electron chi connectivity index (χ4n) is 3.04. The lowest BCUT2D eigenvalue weighted by Gasteiger charge is -2.26. The Morgan fingerprint density at radius 3 is 2.62 bits per heavy atom. The first-order valence-corrected chi connectivity index (χ1v) is 7.11. The number of likely N-dealkylation sites (tertiary alicyclic amines) is 1. The molecule has 1 aliphatic heterocycles. The van der Waals surface area contributed by atoms with Gasteiger partial charge in [0.1, 0.15) is 5.82 Å². The summed E-state index contributed by atoms with van der Waals surface area (Å²) in [5.41, 5.74) is -0.509. The molecule has 1 saturated heterocycles. The van der Waals surface area contributed by atoms with Gasteiger partial charge in [0.2, 0.25) is 0 Å². The maximum absolute atomic E-state index is 13.6. The van der Waals surface area contributed by atoms with Crippen LogP contribution in [0.2, 0.25) is 0 Å². The van der Waals surface area contributed by atoms with E-state index in [1.165, 1.54) is 6.07 Å². The molecule has 2 nitrogen and oxygen atoms in total. The van der Waals surface area contributed by atoms with Crippen LogP contribution in [0.3, 0.4) is 0 Å². The van der Waals surface area contributed by atoms with Gasteiger partial charge in [-0.05, 0) is 62.8 Å². The zero-order valence-electron chi connectivity index (χ0n) is 12.2. The van der Waals surface area contributed by atoms with Gasteiger partial charge in [0, 0.05) is 6.04 Å². The van der Waals surface area contributed by atoms with Crippen molar-refractivity contribution in [1.82, 2.24) is 10.2 Å². The van der Waals surface area contributed by atoms with Gasteiger partial charge in [-0.15, -0.1) is 0 Å². The maximum Gasteiger partial charge on any atom is 0.416 e. The molecule has 0 radical (unpaired) electrons. The zero-order valence-corrected chi connectivity index (χ0v) is 12.2. The molecule has 118 valence electrons. The molecule has 1 aliphatic rings. The zero-order chi connectivity index (χ0) is 15.6. The van der Waals surface area contributed by atoms with Crippen LogP contribution in [0.4, 0.5) is 17.6 Å². The first-order chi connectivity index (χ1) is 9.82. The SMILES string of the molecule is CCNCC1CCN(C)C1c1cc(F)cc(C(F)(F)F)c1. The lowest BCUT2D eigenvalue weighted by molar-refractivity contribution is -0.137. The van der Waals surface area contributed by atoms with E-state index in [4.69, 9.17) is 0 Å². The summed E-state index contributed by atoms with van der Waals surface area (Å²) in [7, 11) is 1.87. The summed E-state index contributed by atoms with van der Waals surface area (Å²) in [6.45, 7) is 4.32. The predicted molar refractivity (Wildman–Crippen MR) is 73.4 cm³/mol. The van der Waals surface area contributed by atoms with Crippen molar-refractivity contribution in [1.29, 1.82) is 0 Å². The minimum absolute atomic E-state index is 0.180. The summed E-state index contributed by atoms with van der Waals surface area (Å²) in [5, 5.41) is 3.23. The van der Waals surface area contributed by atoms with E-state index in [-0.39, 0.29) is 12.0 Å². The van der Waals surface area contributed by atoms with Crippen LogP contribution in [0.1, 0.15) is 30.5 Å². The van der Waals surface area contributed by atoms with Gasteiger partial charge >= 0.3 is 6.18 Å². The van der Waals surface area contributed by atoms with Gasteiger partial charge in [0.05, 0.1) is 5.56 Å². The average molecular weight is 304 g/mol. The van der Waals surface area contributed by atoms with Crippen molar-refractivity contribution in [3.8, 4) is 0 Å². The maximum atomic E-state index is 13.6. The molecular formula is C15H20F4N2. The highest BCUT2D eigenvalue weighted by atomic mass is 19.4. The topological polar surface area (TPSA) is 15.3 Å². The first-order valence-electron chi connectivity index (χ1n) is 7.11. The van der Waals surface area contributed by atoms with Crippen molar-refractivity contribution in [3.63, 3.8) is 0 Å². The summed E-state index contributed by atoms with van der Waals surface area (Å²) < 4.78 is 52.1. The Morgan fingerprint density at radius 2 is 2.00 bits per heavy atom. The molecule has 6 heteroatoms. The second kappa shape index (κ2) is 6.32. The van der Waals surface area contributed by atoms with E-state index < -0.39 is 17.6 Å². The molecule has 1 aromatic carbocycles. The van der Waals surface area contributed by atoms with Crippen LogP contribution in [0, 0.1) is 11.7 Å². The molecule has 2 atom stereocenters. The summed E-state index contributed by atoms with van der Waals surface area (Å²) in [4.78, 5) is 2.00. The van der Waals surface area contributed by atoms with Gasteiger partial charge in [0.25, 0.3) is 0 Å². The van der Waals surface area contributed by atoms with E-state index in [9.17, 15) is 17.6 Å². The van der Waals surface area contributed by atoms with E-state index >= 15 is 0 Å². The smallest absolute Gasteiger partial charge is 0.317 e. The van der Waals surface area contributed by atoms with Crippen molar-refractivity contribution >= 4 is 0 Å². The molecular weight excluding hydrogens is 284 g/mol.